The number of hydrazone groups is 1. The molecule has 36 heavy (non-hydrogen) atoms. The molecular weight excluding hydrogens is 536 g/mol. The van der Waals surface area contributed by atoms with E-state index in [1.54, 1.807) is 48.9 Å². The molecule has 0 aliphatic heterocycles. The molecule has 1 aromatic heterocycles. The molecular formula is C28H23BrN4O2S. The summed E-state index contributed by atoms with van der Waals surface area (Å²) in [6.07, 6.45) is 5.02. The Labute approximate surface area is 223 Å². The van der Waals surface area contributed by atoms with Crippen molar-refractivity contribution in [2.75, 3.05) is 5.32 Å². The molecule has 0 aliphatic rings. The molecule has 0 bridgehead atoms. The molecule has 0 spiro atoms. The van der Waals surface area contributed by atoms with Gasteiger partial charge in [-0.05, 0) is 66.1 Å². The first-order valence-electron chi connectivity index (χ1n) is 11.1. The summed E-state index contributed by atoms with van der Waals surface area (Å²) in [4.78, 5) is 29.8. The Kier molecular flexibility index (Phi) is 8.30. The highest BCUT2D eigenvalue weighted by Crippen LogP contribution is 2.28. The third kappa shape index (κ3) is 6.47. The van der Waals surface area contributed by atoms with E-state index in [-0.39, 0.29) is 16.7 Å². The Morgan fingerprint density at radius 3 is 2.39 bits per heavy atom. The predicted octanol–water partition coefficient (Wildman–Crippen LogP) is 6.19. The van der Waals surface area contributed by atoms with E-state index in [1.165, 1.54) is 0 Å². The van der Waals surface area contributed by atoms with Gasteiger partial charge < -0.3 is 5.32 Å². The summed E-state index contributed by atoms with van der Waals surface area (Å²) in [6, 6.07) is 23.8. The molecule has 4 aromatic rings. The van der Waals surface area contributed by atoms with Gasteiger partial charge in [0.1, 0.15) is 0 Å². The molecule has 180 valence electrons. The predicted molar refractivity (Wildman–Crippen MR) is 150 cm³/mol. The number of amides is 2. The van der Waals surface area contributed by atoms with E-state index in [1.807, 2.05) is 55.5 Å². The van der Waals surface area contributed by atoms with Crippen molar-refractivity contribution < 1.29 is 9.59 Å². The Hall–Kier alpha value is -3.75. The van der Waals surface area contributed by atoms with E-state index in [9.17, 15) is 9.59 Å². The molecule has 0 aliphatic carbocycles. The third-order valence-corrected chi connectivity index (χ3v) is 6.50. The lowest BCUT2D eigenvalue weighted by Gasteiger charge is -2.13. The molecule has 0 radical (unpaired) electrons. The lowest BCUT2D eigenvalue weighted by Crippen LogP contribution is -2.21. The van der Waals surface area contributed by atoms with Gasteiger partial charge >= 0.3 is 0 Å². The summed E-state index contributed by atoms with van der Waals surface area (Å²) in [6.45, 7) is 1.98. The molecule has 0 saturated carbocycles. The van der Waals surface area contributed by atoms with E-state index in [4.69, 9.17) is 0 Å². The first kappa shape index (κ1) is 25.3. The molecule has 2 amide bonds. The van der Waals surface area contributed by atoms with Gasteiger partial charge in [0.15, 0.2) is 0 Å². The fourth-order valence-corrected chi connectivity index (χ4v) is 4.24. The molecule has 4 rings (SSSR count). The number of thiol groups is 1. The van der Waals surface area contributed by atoms with Crippen molar-refractivity contribution in [2.45, 2.75) is 12.2 Å². The van der Waals surface area contributed by atoms with Crippen molar-refractivity contribution >= 4 is 52.3 Å². The lowest BCUT2D eigenvalue weighted by atomic mass is 10.0. The Balaban J connectivity index is 1.46. The van der Waals surface area contributed by atoms with Gasteiger partial charge in [0.05, 0.1) is 22.7 Å². The maximum atomic E-state index is 12.9. The zero-order chi connectivity index (χ0) is 25.5. The van der Waals surface area contributed by atoms with Crippen molar-refractivity contribution in [3.05, 3.63) is 129 Å². The number of carbonyl (C=O) groups excluding carboxylic acids is 2. The smallest absolute Gasteiger partial charge is 0.273 e. The zero-order valence-corrected chi connectivity index (χ0v) is 21.8. The monoisotopic (exact) mass is 558 g/mol. The van der Waals surface area contributed by atoms with Crippen LogP contribution in [0.1, 0.15) is 48.2 Å². The van der Waals surface area contributed by atoms with Gasteiger partial charge in [-0.15, -0.1) is 0 Å². The average Bonchev–Trinajstić information content (AvgIpc) is 2.90. The number of nitrogens with zero attached hydrogens (tertiary/aromatic N) is 2. The topological polar surface area (TPSA) is 83.5 Å². The van der Waals surface area contributed by atoms with Gasteiger partial charge in [-0.1, -0.05) is 57.9 Å². The number of pyridine rings is 1. The molecule has 1 heterocycles. The van der Waals surface area contributed by atoms with Crippen LogP contribution in [0.25, 0.3) is 0 Å². The lowest BCUT2D eigenvalue weighted by molar-refractivity contribution is 0.0956. The van der Waals surface area contributed by atoms with E-state index < -0.39 is 5.91 Å². The van der Waals surface area contributed by atoms with Crippen molar-refractivity contribution in [1.82, 2.24) is 10.4 Å². The highest BCUT2D eigenvalue weighted by atomic mass is 79.9. The van der Waals surface area contributed by atoms with Gasteiger partial charge in [-0.3, -0.25) is 14.6 Å². The number of carbonyl (C=O) groups is 2. The Bertz CT molecular complexity index is 1410. The second-order valence-corrected chi connectivity index (χ2v) is 9.49. The standard InChI is InChI=1S/C28H23BrN4O2S/c1-18-3-2-4-19(15-18)17-31-33-28(35)24-16-23(29)9-10-25(24)32-27(34)22-7-5-20(6-8-22)26(36)21-11-13-30-14-12-21/h2-17,26,36H,1H3,(H,32,34)(H,33,35)/b31-17+. The van der Waals surface area contributed by atoms with E-state index in [2.05, 4.69) is 49.4 Å². The van der Waals surface area contributed by atoms with E-state index in [0.29, 0.717) is 15.7 Å². The number of aryl methyl sites for hydroxylation is 1. The first-order chi connectivity index (χ1) is 17.4. The van der Waals surface area contributed by atoms with Crippen LogP contribution in [0.4, 0.5) is 5.69 Å². The van der Waals surface area contributed by atoms with Crippen LogP contribution < -0.4 is 10.7 Å². The summed E-state index contributed by atoms with van der Waals surface area (Å²) in [5.41, 5.74) is 7.58. The molecule has 8 heteroatoms. The highest BCUT2D eigenvalue weighted by Gasteiger charge is 2.16. The number of nitrogens with one attached hydrogen (secondary N) is 2. The summed E-state index contributed by atoms with van der Waals surface area (Å²) < 4.78 is 0.702. The van der Waals surface area contributed by atoms with Crippen molar-refractivity contribution in [3.8, 4) is 0 Å². The van der Waals surface area contributed by atoms with Gasteiger partial charge in [-0.25, -0.2) is 5.43 Å². The van der Waals surface area contributed by atoms with Gasteiger partial charge in [0.2, 0.25) is 0 Å². The molecule has 1 atom stereocenters. The van der Waals surface area contributed by atoms with Crippen molar-refractivity contribution in [3.63, 3.8) is 0 Å². The highest BCUT2D eigenvalue weighted by molar-refractivity contribution is 9.10. The van der Waals surface area contributed by atoms with Crippen molar-refractivity contribution in [1.29, 1.82) is 0 Å². The summed E-state index contributed by atoms with van der Waals surface area (Å²) >= 11 is 8.08. The fourth-order valence-electron chi connectivity index (χ4n) is 3.54. The number of halogens is 1. The molecule has 6 nitrogen and oxygen atoms in total. The maximum Gasteiger partial charge on any atom is 0.273 e. The quantitative estimate of drug-likeness (QED) is 0.144. The Morgan fingerprint density at radius 2 is 1.67 bits per heavy atom. The largest absolute Gasteiger partial charge is 0.321 e. The second-order valence-electron chi connectivity index (χ2n) is 8.06. The van der Waals surface area contributed by atoms with Crippen molar-refractivity contribution in [2.24, 2.45) is 5.10 Å². The second kappa shape index (κ2) is 11.8. The molecule has 2 N–H and O–H groups in total. The molecule has 0 saturated heterocycles. The van der Waals surface area contributed by atoms with Crippen LogP contribution in [0.2, 0.25) is 0 Å². The minimum Gasteiger partial charge on any atom is -0.321 e. The fraction of sp³-hybridized carbons (Fsp3) is 0.0714. The summed E-state index contributed by atoms with van der Waals surface area (Å²) in [5, 5.41) is 6.75. The van der Waals surface area contributed by atoms with E-state index in [0.717, 1.165) is 22.3 Å². The number of hydrogen-bond donors (Lipinski definition) is 3. The molecule has 3 aromatic carbocycles. The third-order valence-electron chi connectivity index (χ3n) is 5.41. The van der Waals surface area contributed by atoms with Crippen LogP contribution in [-0.4, -0.2) is 23.0 Å². The number of aromatic nitrogens is 1. The van der Waals surface area contributed by atoms with Gasteiger partial charge in [0, 0.05) is 22.4 Å². The normalized spacial score (nSPS) is 11.8. The van der Waals surface area contributed by atoms with Gasteiger partial charge in [0.25, 0.3) is 11.8 Å². The van der Waals surface area contributed by atoms with Crippen LogP contribution in [0.15, 0.2) is 101 Å². The van der Waals surface area contributed by atoms with Crippen LogP contribution in [0.5, 0.6) is 0 Å². The number of hydrogen-bond acceptors (Lipinski definition) is 5. The van der Waals surface area contributed by atoms with Gasteiger partial charge in [-0.2, -0.15) is 17.7 Å². The Morgan fingerprint density at radius 1 is 0.944 bits per heavy atom. The minimum absolute atomic E-state index is 0.132. The van der Waals surface area contributed by atoms with Crippen LogP contribution >= 0.6 is 28.6 Å². The van der Waals surface area contributed by atoms with E-state index >= 15 is 0 Å². The maximum absolute atomic E-state index is 12.9. The van der Waals surface area contributed by atoms with Crippen LogP contribution in [-0.2, 0) is 0 Å². The first-order valence-corrected chi connectivity index (χ1v) is 12.4. The SMILES string of the molecule is Cc1cccc(/C=N/NC(=O)c2cc(Br)ccc2NC(=O)c2ccc(C(S)c3ccncc3)cc2)c1. The molecule has 1 unspecified atom stereocenters. The van der Waals surface area contributed by atoms with Crippen LogP contribution in [0, 0.1) is 6.92 Å². The molecule has 0 fully saturated rings. The number of rotatable bonds is 7. The summed E-state index contributed by atoms with van der Waals surface area (Å²) in [5.74, 6) is -0.776. The average molecular weight is 559 g/mol. The minimum atomic E-state index is -0.443. The van der Waals surface area contributed by atoms with Crippen LogP contribution in [0.3, 0.4) is 0 Å². The number of anilines is 1. The summed E-state index contributed by atoms with van der Waals surface area (Å²) in [7, 11) is 0. The zero-order valence-electron chi connectivity index (χ0n) is 19.4. The number of benzene rings is 3.